The van der Waals surface area contributed by atoms with Crippen molar-refractivity contribution in [3.05, 3.63) is 54.0 Å². The molecule has 0 unspecified atom stereocenters. The summed E-state index contributed by atoms with van der Waals surface area (Å²) in [5, 5.41) is 9.27. The lowest BCUT2D eigenvalue weighted by molar-refractivity contribution is 0.0690. The first kappa shape index (κ1) is 12.2. The summed E-state index contributed by atoms with van der Waals surface area (Å²) in [6, 6.07) is 4.30. The number of rotatable bonds is 2. The number of hydrogen-bond acceptors (Lipinski definition) is 3. The smallest absolute Gasteiger partial charge is 0.355 e. The lowest BCUT2D eigenvalue weighted by Crippen LogP contribution is -2.04. The molecule has 3 aromatic rings. The Labute approximate surface area is 111 Å². The van der Waals surface area contributed by atoms with Crippen LogP contribution in [0.5, 0.6) is 0 Å². The first-order valence-corrected chi connectivity index (χ1v) is 5.59. The number of carboxylic acids is 1. The second-order valence-corrected chi connectivity index (χ2v) is 4.03. The highest BCUT2D eigenvalue weighted by Gasteiger charge is 2.22. The normalized spacial score (nSPS) is 10.9. The number of imidazole rings is 1. The van der Waals surface area contributed by atoms with Gasteiger partial charge in [-0.25, -0.2) is 23.5 Å². The molecule has 0 aliphatic carbocycles. The summed E-state index contributed by atoms with van der Waals surface area (Å²) in [5.41, 5.74) is -0.640. The molecule has 0 bridgehead atoms. The highest BCUT2D eigenvalue weighted by molar-refractivity contribution is 5.94. The van der Waals surface area contributed by atoms with Crippen molar-refractivity contribution in [1.29, 1.82) is 0 Å². The van der Waals surface area contributed by atoms with E-state index < -0.39 is 17.6 Å². The van der Waals surface area contributed by atoms with E-state index in [-0.39, 0.29) is 22.7 Å². The summed E-state index contributed by atoms with van der Waals surface area (Å²) in [6.45, 7) is 0. The van der Waals surface area contributed by atoms with Crippen LogP contribution in [0.1, 0.15) is 10.5 Å². The van der Waals surface area contributed by atoms with Crippen molar-refractivity contribution >= 4 is 11.7 Å². The zero-order valence-corrected chi connectivity index (χ0v) is 9.92. The Morgan fingerprint density at radius 1 is 1.30 bits per heavy atom. The molecule has 5 nitrogen and oxygen atoms in total. The largest absolute Gasteiger partial charge is 0.476 e. The molecule has 2 heterocycles. The van der Waals surface area contributed by atoms with Gasteiger partial charge in [-0.1, -0.05) is 0 Å². The van der Waals surface area contributed by atoms with Crippen LogP contribution >= 0.6 is 0 Å². The van der Waals surface area contributed by atoms with Crippen molar-refractivity contribution in [2.45, 2.75) is 0 Å². The van der Waals surface area contributed by atoms with Gasteiger partial charge in [0.1, 0.15) is 17.3 Å². The van der Waals surface area contributed by atoms with Gasteiger partial charge in [0.15, 0.2) is 5.69 Å². The van der Waals surface area contributed by atoms with Crippen molar-refractivity contribution in [3.8, 4) is 11.3 Å². The van der Waals surface area contributed by atoms with Gasteiger partial charge >= 0.3 is 5.97 Å². The maximum atomic E-state index is 13.8. The maximum Gasteiger partial charge on any atom is 0.355 e. The van der Waals surface area contributed by atoms with Crippen LogP contribution in [-0.4, -0.2) is 25.4 Å². The summed E-state index contributed by atoms with van der Waals surface area (Å²) >= 11 is 0. The van der Waals surface area contributed by atoms with Crippen LogP contribution in [0, 0.1) is 11.6 Å². The predicted octanol–water partition coefficient (Wildman–Crippen LogP) is 2.37. The first-order chi connectivity index (χ1) is 9.58. The molecule has 0 amide bonds. The highest BCUT2D eigenvalue weighted by atomic mass is 19.1. The minimum Gasteiger partial charge on any atom is -0.476 e. The number of halogens is 2. The standard InChI is InChI=1S/C13H7F2N3O2/c14-7-2-3-9(15)8(6-7)10-11(12(19)20)18-5-1-4-16-13(18)17-10/h1-6H,(H,19,20). The van der Waals surface area contributed by atoms with Crippen LogP contribution in [0.2, 0.25) is 0 Å². The molecule has 0 atom stereocenters. The van der Waals surface area contributed by atoms with Gasteiger partial charge in [-0.3, -0.25) is 4.40 Å². The Kier molecular flexibility index (Phi) is 2.67. The van der Waals surface area contributed by atoms with Crippen LogP contribution in [0.15, 0.2) is 36.7 Å². The second kappa shape index (κ2) is 4.37. The highest BCUT2D eigenvalue weighted by Crippen LogP contribution is 2.27. The van der Waals surface area contributed by atoms with E-state index in [1.807, 2.05) is 0 Å². The molecule has 0 saturated carbocycles. The van der Waals surface area contributed by atoms with Crippen molar-refractivity contribution in [3.63, 3.8) is 0 Å². The minimum atomic E-state index is -1.30. The Hall–Kier alpha value is -2.83. The number of nitrogens with zero attached hydrogens (tertiary/aromatic N) is 3. The quantitative estimate of drug-likeness (QED) is 0.779. The number of benzene rings is 1. The predicted molar refractivity (Wildman–Crippen MR) is 65.3 cm³/mol. The molecule has 0 fully saturated rings. The van der Waals surface area contributed by atoms with Crippen LogP contribution in [0.25, 0.3) is 17.0 Å². The van der Waals surface area contributed by atoms with E-state index in [0.29, 0.717) is 0 Å². The molecular weight excluding hydrogens is 268 g/mol. The fourth-order valence-electron chi connectivity index (χ4n) is 1.96. The average Bonchev–Trinajstić information content (AvgIpc) is 2.80. The fraction of sp³-hybridized carbons (Fsp3) is 0. The number of hydrogen-bond donors (Lipinski definition) is 1. The number of fused-ring (bicyclic) bond motifs is 1. The zero-order valence-electron chi connectivity index (χ0n) is 9.92. The zero-order chi connectivity index (χ0) is 14.3. The lowest BCUT2D eigenvalue weighted by Gasteiger charge is -2.02. The molecule has 1 aromatic carbocycles. The van der Waals surface area contributed by atoms with Crippen molar-refractivity contribution < 1.29 is 18.7 Å². The van der Waals surface area contributed by atoms with Gasteiger partial charge in [0.2, 0.25) is 5.78 Å². The van der Waals surface area contributed by atoms with Crippen molar-refractivity contribution in [1.82, 2.24) is 14.4 Å². The third-order valence-corrected chi connectivity index (χ3v) is 2.79. The Balaban J connectivity index is 2.38. The van der Waals surface area contributed by atoms with Crippen LogP contribution < -0.4 is 0 Å². The molecule has 3 rings (SSSR count). The number of carbonyl (C=O) groups is 1. The number of aromatic nitrogens is 3. The molecule has 0 saturated heterocycles. The Morgan fingerprint density at radius 3 is 2.85 bits per heavy atom. The molecule has 0 radical (unpaired) electrons. The summed E-state index contributed by atoms with van der Waals surface area (Å²) in [7, 11) is 0. The van der Waals surface area contributed by atoms with E-state index >= 15 is 0 Å². The van der Waals surface area contributed by atoms with E-state index in [4.69, 9.17) is 0 Å². The van der Waals surface area contributed by atoms with Crippen molar-refractivity contribution in [2.24, 2.45) is 0 Å². The third-order valence-electron chi connectivity index (χ3n) is 2.79. The van der Waals surface area contributed by atoms with Gasteiger partial charge in [-0.05, 0) is 24.3 Å². The molecule has 2 aromatic heterocycles. The summed E-state index contributed by atoms with van der Waals surface area (Å²) in [5.74, 6) is -2.63. The van der Waals surface area contributed by atoms with Gasteiger partial charge in [0.05, 0.1) is 0 Å². The summed E-state index contributed by atoms with van der Waals surface area (Å²) < 4.78 is 28.3. The van der Waals surface area contributed by atoms with Crippen molar-refractivity contribution in [2.75, 3.05) is 0 Å². The maximum absolute atomic E-state index is 13.8. The van der Waals surface area contributed by atoms with Crippen LogP contribution in [0.4, 0.5) is 8.78 Å². The molecule has 0 aliphatic heterocycles. The summed E-state index contributed by atoms with van der Waals surface area (Å²) in [4.78, 5) is 19.2. The number of carboxylic acid groups (broad SMARTS) is 1. The topological polar surface area (TPSA) is 67.5 Å². The van der Waals surface area contributed by atoms with Gasteiger partial charge in [0.25, 0.3) is 0 Å². The monoisotopic (exact) mass is 275 g/mol. The molecule has 7 heteroatoms. The van der Waals surface area contributed by atoms with E-state index in [9.17, 15) is 18.7 Å². The third kappa shape index (κ3) is 1.80. The molecule has 0 spiro atoms. The fourth-order valence-corrected chi connectivity index (χ4v) is 1.96. The van der Waals surface area contributed by atoms with Gasteiger partial charge < -0.3 is 5.11 Å². The van der Waals surface area contributed by atoms with Gasteiger partial charge in [0, 0.05) is 18.0 Å². The molecular formula is C13H7F2N3O2. The minimum absolute atomic E-state index is 0.101. The lowest BCUT2D eigenvalue weighted by atomic mass is 10.1. The Bertz CT molecular complexity index is 830. The Morgan fingerprint density at radius 2 is 2.10 bits per heavy atom. The number of aromatic carboxylic acids is 1. The van der Waals surface area contributed by atoms with Crippen LogP contribution in [0.3, 0.4) is 0 Å². The van der Waals surface area contributed by atoms with E-state index in [1.54, 1.807) is 0 Å². The molecule has 20 heavy (non-hydrogen) atoms. The molecule has 0 aliphatic rings. The van der Waals surface area contributed by atoms with E-state index in [0.717, 1.165) is 18.2 Å². The van der Waals surface area contributed by atoms with Gasteiger partial charge in [-0.2, -0.15) is 0 Å². The van der Waals surface area contributed by atoms with E-state index in [2.05, 4.69) is 9.97 Å². The van der Waals surface area contributed by atoms with Crippen LogP contribution in [-0.2, 0) is 0 Å². The molecule has 100 valence electrons. The SMILES string of the molecule is O=C(O)c1c(-c2cc(F)ccc2F)nc2ncccn12. The summed E-state index contributed by atoms with van der Waals surface area (Å²) in [6.07, 6.45) is 2.87. The van der Waals surface area contributed by atoms with E-state index in [1.165, 1.54) is 22.9 Å². The van der Waals surface area contributed by atoms with Gasteiger partial charge in [-0.15, -0.1) is 0 Å². The average molecular weight is 275 g/mol. The first-order valence-electron chi connectivity index (χ1n) is 5.59. The second-order valence-electron chi connectivity index (χ2n) is 4.03. The molecule has 1 N–H and O–H groups in total.